The lowest BCUT2D eigenvalue weighted by molar-refractivity contribution is 0.102. The van der Waals surface area contributed by atoms with E-state index in [1.54, 1.807) is 30.6 Å². The summed E-state index contributed by atoms with van der Waals surface area (Å²) in [5.41, 5.74) is 1.97. The molecule has 0 fully saturated rings. The molecule has 3 rings (SSSR count). The van der Waals surface area contributed by atoms with Gasteiger partial charge in [-0.25, -0.2) is 0 Å². The number of anilines is 2. The predicted octanol–water partition coefficient (Wildman–Crippen LogP) is 3.50. The van der Waals surface area contributed by atoms with Crippen molar-refractivity contribution in [2.45, 2.75) is 6.54 Å². The number of amides is 1. The van der Waals surface area contributed by atoms with E-state index in [1.165, 1.54) is 0 Å². The Morgan fingerprint density at radius 3 is 2.62 bits per heavy atom. The molecule has 0 unspecified atom stereocenters. The maximum atomic E-state index is 12.2. The van der Waals surface area contributed by atoms with E-state index in [4.69, 9.17) is 0 Å². The summed E-state index contributed by atoms with van der Waals surface area (Å²) < 4.78 is 0.807. The molecular weight excluding hydrogens is 370 g/mol. The summed E-state index contributed by atoms with van der Waals surface area (Å²) in [5, 5.41) is 13.9. The number of hydrogen-bond donors (Lipinski definition) is 2. The molecule has 0 aliphatic heterocycles. The van der Waals surface area contributed by atoms with Gasteiger partial charge in [0.05, 0.1) is 5.69 Å². The van der Waals surface area contributed by atoms with Gasteiger partial charge in [0.15, 0.2) is 5.69 Å². The van der Waals surface area contributed by atoms with Crippen molar-refractivity contribution in [3.05, 3.63) is 76.7 Å². The Labute approximate surface area is 147 Å². The average molecular weight is 384 g/mol. The first-order valence-corrected chi connectivity index (χ1v) is 8.04. The third kappa shape index (κ3) is 4.14. The number of carbonyl (C=O) groups is 1. The maximum Gasteiger partial charge on any atom is 0.276 e. The highest BCUT2D eigenvalue weighted by Gasteiger charge is 2.10. The molecule has 0 bridgehead atoms. The zero-order valence-electron chi connectivity index (χ0n) is 12.6. The Hall–Kier alpha value is -2.80. The topological polar surface area (TPSA) is 79.8 Å². The summed E-state index contributed by atoms with van der Waals surface area (Å²) in [6, 6.07) is 14.6. The van der Waals surface area contributed by atoms with E-state index in [9.17, 15) is 4.79 Å². The Bertz CT molecular complexity index is 824. The Kier molecular flexibility index (Phi) is 5.12. The first-order chi connectivity index (χ1) is 11.7. The summed E-state index contributed by atoms with van der Waals surface area (Å²) in [4.78, 5) is 16.2. The summed E-state index contributed by atoms with van der Waals surface area (Å²) in [7, 11) is 0. The minimum Gasteiger partial charge on any atom is -0.364 e. The van der Waals surface area contributed by atoms with Crippen molar-refractivity contribution in [2.75, 3.05) is 10.6 Å². The summed E-state index contributed by atoms with van der Waals surface area (Å²) in [6.07, 6.45) is 3.50. The minimum atomic E-state index is -0.312. The van der Waals surface area contributed by atoms with Gasteiger partial charge in [0, 0.05) is 23.4 Å². The zero-order valence-corrected chi connectivity index (χ0v) is 14.2. The maximum absolute atomic E-state index is 12.2. The third-order valence-electron chi connectivity index (χ3n) is 3.22. The van der Waals surface area contributed by atoms with Crippen LogP contribution in [0.1, 0.15) is 16.1 Å². The first kappa shape index (κ1) is 16.1. The van der Waals surface area contributed by atoms with Gasteiger partial charge in [0.2, 0.25) is 0 Å². The van der Waals surface area contributed by atoms with Gasteiger partial charge in [-0.05, 0) is 51.8 Å². The summed E-state index contributed by atoms with van der Waals surface area (Å²) in [6.45, 7) is 0.588. The number of nitrogens with zero attached hydrogens (tertiary/aromatic N) is 3. The second-order valence-corrected chi connectivity index (χ2v) is 5.81. The number of carbonyl (C=O) groups excluding carboxylic acids is 1. The number of para-hydroxylation sites is 1. The van der Waals surface area contributed by atoms with Crippen LogP contribution in [0.5, 0.6) is 0 Å². The molecule has 120 valence electrons. The second-order valence-electron chi connectivity index (χ2n) is 4.95. The van der Waals surface area contributed by atoms with Crippen LogP contribution in [0.15, 0.2) is 65.4 Å². The predicted molar refractivity (Wildman–Crippen MR) is 95.7 cm³/mol. The highest BCUT2D eigenvalue weighted by atomic mass is 79.9. The van der Waals surface area contributed by atoms with Crippen LogP contribution in [-0.4, -0.2) is 21.1 Å². The smallest absolute Gasteiger partial charge is 0.276 e. The van der Waals surface area contributed by atoms with Crippen LogP contribution in [-0.2, 0) is 6.54 Å². The quantitative estimate of drug-likeness (QED) is 0.704. The molecule has 1 amide bonds. The van der Waals surface area contributed by atoms with Gasteiger partial charge < -0.3 is 10.6 Å². The van der Waals surface area contributed by atoms with Gasteiger partial charge in [0.1, 0.15) is 5.82 Å². The Morgan fingerprint density at radius 1 is 1.04 bits per heavy atom. The van der Waals surface area contributed by atoms with E-state index < -0.39 is 0 Å². The first-order valence-electron chi connectivity index (χ1n) is 7.25. The molecule has 7 heteroatoms. The van der Waals surface area contributed by atoms with Crippen LogP contribution >= 0.6 is 15.9 Å². The van der Waals surface area contributed by atoms with E-state index in [1.807, 2.05) is 30.3 Å². The van der Waals surface area contributed by atoms with Gasteiger partial charge in [-0.2, -0.15) is 0 Å². The molecule has 2 heterocycles. The molecule has 0 spiro atoms. The lowest BCUT2D eigenvalue weighted by Gasteiger charge is -2.07. The molecule has 3 aromatic rings. The monoisotopic (exact) mass is 383 g/mol. The molecule has 0 saturated carbocycles. The van der Waals surface area contributed by atoms with Gasteiger partial charge in [-0.1, -0.05) is 18.2 Å². The molecule has 0 aliphatic rings. The van der Waals surface area contributed by atoms with Crippen LogP contribution < -0.4 is 10.6 Å². The number of benzene rings is 1. The molecular formula is C17H14BrN5O. The van der Waals surface area contributed by atoms with E-state index >= 15 is 0 Å². The zero-order chi connectivity index (χ0) is 16.8. The van der Waals surface area contributed by atoms with Gasteiger partial charge in [0.25, 0.3) is 5.91 Å². The lowest BCUT2D eigenvalue weighted by atomic mass is 10.3. The fourth-order valence-corrected chi connectivity index (χ4v) is 2.38. The van der Waals surface area contributed by atoms with E-state index in [0.29, 0.717) is 18.1 Å². The van der Waals surface area contributed by atoms with Crippen molar-refractivity contribution in [3.8, 4) is 0 Å². The fraction of sp³-hybridized carbons (Fsp3) is 0.0588. The molecule has 0 radical (unpaired) electrons. The lowest BCUT2D eigenvalue weighted by Crippen LogP contribution is -2.15. The number of hydrogen-bond acceptors (Lipinski definition) is 5. The van der Waals surface area contributed by atoms with Crippen molar-refractivity contribution in [3.63, 3.8) is 0 Å². The molecule has 0 atom stereocenters. The van der Waals surface area contributed by atoms with Crippen LogP contribution in [0, 0.1) is 0 Å². The van der Waals surface area contributed by atoms with Gasteiger partial charge in [-0.3, -0.25) is 9.78 Å². The Balaban J connectivity index is 1.61. The third-order valence-corrected chi connectivity index (χ3v) is 3.91. The van der Waals surface area contributed by atoms with E-state index in [2.05, 4.69) is 41.7 Å². The molecule has 1 aromatic carbocycles. The minimum absolute atomic E-state index is 0.248. The highest BCUT2D eigenvalue weighted by molar-refractivity contribution is 9.10. The van der Waals surface area contributed by atoms with Crippen LogP contribution in [0.3, 0.4) is 0 Å². The Morgan fingerprint density at radius 2 is 1.92 bits per heavy atom. The van der Waals surface area contributed by atoms with Crippen molar-refractivity contribution in [1.29, 1.82) is 0 Å². The molecule has 2 aromatic heterocycles. The van der Waals surface area contributed by atoms with E-state index in [-0.39, 0.29) is 11.6 Å². The average Bonchev–Trinajstić information content (AvgIpc) is 2.63. The summed E-state index contributed by atoms with van der Waals surface area (Å²) >= 11 is 3.39. The molecule has 6 nitrogen and oxygen atoms in total. The second kappa shape index (κ2) is 7.65. The number of rotatable bonds is 5. The van der Waals surface area contributed by atoms with Crippen LogP contribution in [0.2, 0.25) is 0 Å². The van der Waals surface area contributed by atoms with Crippen molar-refractivity contribution < 1.29 is 4.79 Å². The standard InChI is InChI=1S/C17H14BrN5O/c18-13-5-1-2-6-14(13)21-17(24)15-7-8-16(23-22-15)20-11-12-4-3-9-19-10-12/h1-10H,11H2,(H,20,23)(H,21,24). The fourth-order valence-electron chi connectivity index (χ4n) is 1.99. The van der Waals surface area contributed by atoms with Gasteiger partial charge >= 0.3 is 0 Å². The van der Waals surface area contributed by atoms with Crippen LogP contribution in [0.25, 0.3) is 0 Å². The molecule has 24 heavy (non-hydrogen) atoms. The van der Waals surface area contributed by atoms with Crippen LogP contribution in [0.4, 0.5) is 11.5 Å². The normalized spacial score (nSPS) is 10.2. The highest BCUT2D eigenvalue weighted by Crippen LogP contribution is 2.21. The summed E-state index contributed by atoms with van der Waals surface area (Å²) in [5.74, 6) is 0.282. The van der Waals surface area contributed by atoms with Gasteiger partial charge in [-0.15, -0.1) is 10.2 Å². The van der Waals surface area contributed by atoms with Crippen molar-refractivity contribution in [1.82, 2.24) is 15.2 Å². The van der Waals surface area contributed by atoms with Crippen molar-refractivity contribution in [2.24, 2.45) is 0 Å². The SMILES string of the molecule is O=C(Nc1ccccc1Br)c1ccc(NCc2cccnc2)nn1. The number of nitrogens with one attached hydrogen (secondary N) is 2. The number of halogens is 1. The molecule has 2 N–H and O–H groups in total. The molecule has 0 saturated heterocycles. The molecule has 0 aliphatic carbocycles. The number of pyridine rings is 1. The van der Waals surface area contributed by atoms with E-state index in [0.717, 1.165) is 10.0 Å². The number of aromatic nitrogens is 3. The van der Waals surface area contributed by atoms with Crippen molar-refractivity contribution >= 4 is 33.3 Å². The largest absolute Gasteiger partial charge is 0.364 e.